The fraction of sp³-hybridized carbons (Fsp3) is 0.810. The lowest BCUT2D eigenvalue weighted by atomic mass is 9.38. The molecule has 150 valence electrons. The third-order valence-electron chi connectivity index (χ3n) is 8.55. The van der Waals surface area contributed by atoms with Crippen molar-refractivity contribution in [1.29, 1.82) is 0 Å². The normalized spacial score (nSPS) is 54.4. The Labute approximate surface area is 159 Å². The van der Waals surface area contributed by atoms with Crippen molar-refractivity contribution < 1.29 is 29.3 Å². The first-order chi connectivity index (χ1) is 12.6. The van der Waals surface area contributed by atoms with Gasteiger partial charge in [0.05, 0.1) is 19.3 Å². The number of ketones is 1. The van der Waals surface area contributed by atoms with Crippen LogP contribution in [0.3, 0.4) is 0 Å². The molecule has 1 saturated heterocycles. The first kappa shape index (κ1) is 18.9. The molecule has 0 radical (unpaired) electrons. The Hall–Kier alpha value is -1.40. The van der Waals surface area contributed by atoms with Gasteiger partial charge in [0.25, 0.3) is 0 Å². The largest absolute Gasteiger partial charge is 0.493 e. The SMILES string of the molecule is COC1=CC(C)C2C[C@H]3OC(=O)C[C@H]4[C@@H](C)[C@H](O)C(O)C([C@@]2(C)C1=O)[C@@]34C. The number of hydrogen-bond acceptors (Lipinski definition) is 6. The zero-order valence-corrected chi connectivity index (χ0v) is 16.6. The Morgan fingerprint density at radius 2 is 1.81 bits per heavy atom. The van der Waals surface area contributed by atoms with Crippen LogP contribution in [0.5, 0.6) is 0 Å². The number of aliphatic hydroxyl groups is 2. The average molecular weight is 378 g/mol. The maximum atomic E-state index is 13.5. The van der Waals surface area contributed by atoms with Gasteiger partial charge in [0, 0.05) is 23.2 Å². The number of methoxy groups -OCH3 is 1. The Balaban J connectivity index is 1.92. The lowest BCUT2D eigenvalue weighted by molar-refractivity contribution is -0.277. The second kappa shape index (κ2) is 5.80. The number of carbonyl (C=O) groups excluding carboxylic acids is 2. The standard InChI is InChI=1S/C21H30O6/c1-9-6-13(26-5)19(25)21(4)11(9)7-14-20(3)12(8-15(22)27-14)10(2)16(23)17(24)18(20)21/h6,9-12,14,16-18,23-24H,7-8H2,1-5H3/t9?,10-,11?,12+,14-,16+,17?,18?,20-,21+/m1/s1. The van der Waals surface area contributed by atoms with E-state index in [0.717, 1.165) is 0 Å². The number of allylic oxidation sites excluding steroid dienone is 2. The molecule has 10 atom stereocenters. The summed E-state index contributed by atoms with van der Waals surface area (Å²) >= 11 is 0. The molecule has 3 aliphatic carbocycles. The molecule has 6 nitrogen and oxygen atoms in total. The summed E-state index contributed by atoms with van der Waals surface area (Å²) in [5.41, 5.74) is -1.45. The topological polar surface area (TPSA) is 93.1 Å². The summed E-state index contributed by atoms with van der Waals surface area (Å²) in [5, 5.41) is 22.0. The zero-order valence-electron chi connectivity index (χ0n) is 16.6. The van der Waals surface area contributed by atoms with Gasteiger partial charge in [-0.1, -0.05) is 27.7 Å². The molecule has 4 rings (SSSR count). The van der Waals surface area contributed by atoms with E-state index in [1.165, 1.54) is 7.11 Å². The van der Waals surface area contributed by atoms with Gasteiger partial charge in [-0.3, -0.25) is 9.59 Å². The van der Waals surface area contributed by atoms with E-state index >= 15 is 0 Å². The van der Waals surface area contributed by atoms with Crippen molar-refractivity contribution >= 4 is 11.8 Å². The van der Waals surface area contributed by atoms with E-state index in [1.54, 1.807) is 0 Å². The Morgan fingerprint density at radius 1 is 1.15 bits per heavy atom. The van der Waals surface area contributed by atoms with Crippen LogP contribution in [0.25, 0.3) is 0 Å². The molecule has 0 amide bonds. The summed E-state index contributed by atoms with van der Waals surface area (Å²) in [7, 11) is 1.49. The molecule has 2 N–H and O–H groups in total. The van der Waals surface area contributed by atoms with Crippen LogP contribution < -0.4 is 0 Å². The molecule has 1 aliphatic heterocycles. The molecule has 1 heterocycles. The molecule has 3 fully saturated rings. The molecule has 0 aromatic rings. The van der Waals surface area contributed by atoms with Gasteiger partial charge >= 0.3 is 5.97 Å². The Kier molecular flexibility index (Phi) is 4.07. The number of aliphatic hydroxyl groups excluding tert-OH is 2. The number of ether oxygens (including phenoxy) is 2. The van der Waals surface area contributed by atoms with Crippen molar-refractivity contribution in [3.63, 3.8) is 0 Å². The first-order valence-corrected chi connectivity index (χ1v) is 9.94. The van der Waals surface area contributed by atoms with Crippen molar-refractivity contribution in [1.82, 2.24) is 0 Å². The minimum absolute atomic E-state index is 0.0370. The van der Waals surface area contributed by atoms with Crippen LogP contribution in [-0.4, -0.2) is 47.4 Å². The van der Waals surface area contributed by atoms with E-state index in [-0.39, 0.29) is 47.9 Å². The van der Waals surface area contributed by atoms with Crippen molar-refractivity contribution in [2.24, 2.45) is 40.4 Å². The van der Waals surface area contributed by atoms with Gasteiger partial charge in [-0.05, 0) is 36.2 Å². The predicted molar refractivity (Wildman–Crippen MR) is 96.2 cm³/mol. The summed E-state index contributed by atoms with van der Waals surface area (Å²) < 4.78 is 11.2. The highest BCUT2D eigenvalue weighted by atomic mass is 16.5. The van der Waals surface area contributed by atoms with Gasteiger partial charge in [-0.15, -0.1) is 0 Å². The maximum absolute atomic E-state index is 13.5. The molecule has 0 bridgehead atoms. The molecular weight excluding hydrogens is 348 g/mol. The summed E-state index contributed by atoms with van der Waals surface area (Å²) in [5.74, 6) is -0.976. The molecule has 0 spiro atoms. The summed E-state index contributed by atoms with van der Waals surface area (Å²) in [6.07, 6.45) is 0.251. The minimum atomic E-state index is -1.05. The van der Waals surface area contributed by atoms with Crippen molar-refractivity contribution in [2.75, 3.05) is 7.11 Å². The second-order valence-corrected chi connectivity index (χ2v) is 9.52. The van der Waals surface area contributed by atoms with E-state index in [9.17, 15) is 19.8 Å². The monoisotopic (exact) mass is 378 g/mol. The highest BCUT2D eigenvalue weighted by molar-refractivity contribution is 5.99. The van der Waals surface area contributed by atoms with E-state index in [0.29, 0.717) is 12.2 Å². The molecule has 4 unspecified atom stereocenters. The number of fused-ring (bicyclic) bond motifs is 2. The van der Waals surface area contributed by atoms with Crippen LogP contribution in [0.15, 0.2) is 11.8 Å². The van der Waals surface area contributed by atoms with Crippen molar-refractivity contribution in [3.8, 4) is 0 Å². The number of carbonyl (C=O) groups is 2. The van der Waals surface area contributed by atoms with Gasteiger partial charge in [-0.2, -0.15) is 0 Å². The average Bonchev–Trinajstić information content (AvgIpc) is 2.61. The molecule has 4 aliphatic rings. The van der Waals surface area contributed by atoms with Crippen LogP contribution in [0.4, 0.5) is 0 Å². The Bertz CT molecular complexity index is 715. The number of esters is 1. The predicted octanol–water partition coefficient (Wildman–Crippen LogP) is 1.69. The second-order valence-electron chi connectivity index (χ2n) is 9.52. The number of rotatable bonds is 1. The van der Waals surface area contributed by atoms with Gasteiger partial charge in [0.1, 0.15) is 6.10 Å². The van der Waals surface area contributed by atoms with E-state index in [2.05, 4.69) is 0 Å². The fourth-order valence-corrected chi connectivity index (χ4v) is 7.21. The molecule has 27 heavy (non-hydrogen) atoms. The van der Waals surface area contributed by atoms with E-state index < -0.39 is 29.0 Å². The minimum Gasteiger partial charge on any atom is -0.493 e. The van der Waals surface area contributed by atoms with Crippen LogP contribution in [0.2, 0.25) is 0 Å². The molecule has 0 aromatic carbocycles. The lowest BCUT2D eigenvalue weighted by Gasteiger charge is -2.68. The molecule has 6 heteroatoms. The van der Waals surface area contributed by atoms with Gasteiger partial charge in [-0.25, -0.2) is 0 Å². The third-order valence-corrected chi connectivity index (χ3v) is 8.55. The third kappa shape index (κ3) is 2.14. The molecular formula is C21H30O6. The summed E-state index contributed by atoms with van der Waals surface area (Å²) in [4.78, 5) is 25.8. The van der Waals surface area contributed by atoms with Crippen molar-refractivity contribution in [2.45, 2.75) is 58.8 Å². The first-order valence-electron chi connectivity index (χ1n) is 9.94. The van der Waals surface area contributed by atoms with Crippen LogP contribution in [-0.2, 0) is 19.1 Å². The number of Topliss-reactive ketones (excluding diaryl/α,β-unsaturated/α-hetero) is 1. The van der Waals surface area contributed by atoms with Gasteiger partial charge in [0.2, 0.25) is 5.78 Å². The highest BCUT2D eigenvalue weighted by Crippen LogP contribution is 2.68. The summed E-state index contributed by atoms with van der Waals surface area (Å²) in [6.45, 7) is 7.87. The van der Waals surface area contributed by atoms with E-state index in [4.69, 9.17) is 9.47 Å². The zero-order chi connectivity index (χ0) is 19.9. The van der Waals surface area contributed by atoms with E-state index in [1.807, 2.05) is 33.8 Å². The number of hydrogen-bond donors (Lipinski definition) is 2. The van der Waals surface area contributed by atoms with Crippen LogP contribution in [0, 0.1) is 40.4 Å². The quantitative estimate of drug-likeness (QED) is 0.675. The summed E-state index contributed by atoms with van der Waals surface area (Å²) in [6, 6.07) is 0. The smallest absolute Gasteiger partial charge is 0.306 e. The van der Waals surface area contributed by atoms with Crippen molar-refractivity contribution in [3.05, 3.63) is 11.8 Å². The van der Waals surface area contributed by atoms with Gasteiger partial charge in [0.15, 0.2) is 5.76 Å². The maximum Gasteiger partial charge on any atom is 0.306 e. The fourth-order valence-electron chi connectivity index (χ4n) is 7.21. The Morgan fingerprint density at radius 3 is 2.44 bits per heavy atom. The molecule has 0 aromatic heterocycles. The van der Waals surface area contributed by atoms with Crippen LogP contribution >= 0.6 is 0 Å². The molecule has 2 saturated carbocycles. The van der Waals surface area contributed by atoms with Gasteiger partial charge < -0.3 is 19.7 Å². The lowest BCUT2D eigenvalue weighted by Crippen LogP contribution is -2.73. The highest BCUT2D eigenvalue weighted by Gasteiger charge is 2.72. The van der Waals surface area contributed by atoms with Crippen LogP contribution in [0.1, 0.15) is 40.5 Å².